The van der Waals surface area contributed by atoms with Crippen LogP contribution >= 0.6 is 0 Å². The first-order chi connectivity index (χ1) is 8.30. The molecule has 2 N–H and O–H groups in total. The highest BCUT2D eigenvalue weighted by Gasteiger charge is 2.31. The molecule has 0 spiro atoms. The number of carbonyl (C=O) groups is 2. The van der Waals surface area contributed by atoms with E-state index in [1.54, 1.807) is 0 Å². The first kappa shape index (κ1) is 13.9. The Kier molecular flexibility index (Phi) is 4.19. The molecule has 0 aliphatic heterocycles. The second-order valence-electron chi connectivity index (χ2n) is 3.48. The van der Waals surface area contributed by atoms with Crippen LogP contribution in [-0.2, 0) is 4.79 Å². The maximum Gasteiger partial charge on any atom is 0.415 e. The van der Waals surface area contributed by atoms with Gasteiger partial charge in [-0.1, -0.05) is 6.07 Å². The Morgan fingerprint density at radius 3 is 2.67 bits per heavy atom. The van der Waals surface area contributed by atoms with E-state index in [0.717, 1.165) is 13.0 Å². The quantitative estimate of drug-likeness (QED) is 0.840. The van der Waals surface area contributed by atoms with Crippen molar-refractivity contribution in [1.82, 2.24) is 5.32 Å². The van der Waals surface area contributed by atoms with Crippen LogP contribution in [0, 0.1) is 0 Å². The number of alkyl halides is 2. The summed E-state index contributed by atoms with van der Waals surface area (Å²) in [6.45, 7) is 0.112. The van der Waals surface area contributed by atoms with E-state index in [0.29, 0.717) is 0 Å². The summed E-state index contributed by atoms with van der Waals surface area (Å²) in [4.78, 5) is 21.1. The van der Waals surface area contributed by atoms with E-state index >= 15 is 0 Å². The minimum Gasteiger partial charge on any atom is -0.478 e. The molecule has 1 aromatic rings. The van der Waals surface area contributed by atoms with Crippen LogP contribution in [0.3, 0.4) is 0 Å². The summed E-state index contributed by atoms with van der Waals surface area (Å²) in [6, 6.07) is 4.71. The zero-order valence-corrected chi connectivity index (χ0v) is 9.44. The summed E-state index contributed by atoms with van der Waals surface area (Å²) in [6.07, 6.45) is -3.61. The Morgan fingerprint density at radius 1 is 1.44 bits per heavy atom. The van der Waals surface area contributed by atoms with Crippen LogP contribution in [-0.4, -0.2) is 29.6 Å². The van der Waals surface area contributed by atoms with Crippen molar-refractivity contribution >= 4 is 11.9 Å². The molecule has 0 saturated carbocycles. The van der Waals surface area contributed by atoms with Crippen LogP contribution in [0.5, 0.6) is 5.75 Å². The number of benzene rings is 1. The normalized spacial score (nSPS) is 10.8. The minimum atomic E-state index is -3.61. The summed E-state index contributed by atoms with van der Waals surface area (Å²) >= 11 is 0. The standard InChI is InChI=1S/C11H11F2NO4/c1-7(15)14-6-11(12,13)18-9-4-2-3-8(5-9)10(16)17/h2-5H,6H2,1H3,(H,14,15)(H,16,17). The van der Waals surface area contributed by atoms with Gasteiger partial charge in [0.25, 0.3) is 0 Å². The lowest BCUT2D eigenvalue weighted by molar-refractivity contribution is -0.173. The van der Waals surface area contributed by atoms with Gasteiger partial charge in [-0.2, -0.15) is 8.78 Å². The summed E-state index contributed by atoms with van der Waals surface area (Å²) in [5.74, 6) is -2.14. The number of hydrogen-bond acceptors (Lipinski definition) is 3. The number of hydrogen-bond donors (Lipinski definition) is 2. The van der Waals surface area contributed by atoms with Gasteiger partial charge in [0.2, 0.25) is 5.91 Å². The zero-order valence-electron chi connectivity index (χ0n) is 9.44. The van der Waals surface area contributed by atoms with Gasteiger partial charge in [0.15, 0.2) is 0 Å². The van der Waals surface area contributed by atoms with Crippen molar-refractivity contribution in [2.24, 2.45) is 0 Å². The summed E-state index contributed by atoms with van der Waals surface area (Å²) in [5.41, 5.74) is -0.164. The third kappa shape index (κ3) is 4.36. The lowest BCUT2D eigenvalue weighted by Gasteiger charge is -2.18. The molecule has 98 valence electrons. The van der Waals surface area contributed by atoms with E-state index in [1.807, 2.05) is 5.32 Å². The van der Waals surface area contributed by atoms with Gasteiger partial charge in [-0.25, -0.2) is 4.79 Å². The fourth-order valence-electron chi connectivity index (χ4n) is 1.13. The molecule has 1 amide bonds. The molecule has 1 aromatic carbocycles. The molecule has 7 heteroatoms. The van der Waals surface area contributed by atoms with Gasteiger partial charge < -0.3 is 15.2 Å². The Balaban J connectivity index is 2.74. The first-order valence-electron chi connectivity index (χ1n) is 4.95. The number of carbonyl (C=O) groups excluding carboxylic acids is 1. The first-order valence-corrected chi connectivity index (χ1v) is 4.95. The molecule has 0 heterocycles. The number of nitrogens with one attached hydrogen (secondary N) is 1. The van der Waals surface area contributed by atoms with Crippen LogP contribution in [0.1, 0.15) is 17.3 Å². The number of carboxylic acid groups (broad SMARTS) is 1. The largest absolute Gasteiger partial charge is 0.478 e. The van der Waals surface area contributed by atoms with Crippen LogP contribution in [0.2, 0.25) is 0 Å². The van der Waals surface area contributed by atoms with E-state index in [-0.39, 0.29) is 11.3 Å². The molecule has 0 radical (unpaired) electrons. The molecular weight excluding hydrogens is 248 g/mol. The van der Waals surface area contributed by atoms with Gasteiger partial charge >= 0.3 is 12.1 Å². The monoisotopic (exact) mass is 259 g/mol. The van der Waals surface area contributed by atoms with Gasteiger partial charge in [-0.3, -0.25) is 4.79 Å². The highest BCUT2D eigenvalue weighted by Crippen LogP contribution is 2.22. The topological polar surface area (TPSA) is 75.6 Å². The fraction of sp³-hybridized carbons (Fsp3) is 0.273. The van der Waals surface area contributed by atoms with Crippen molar-refractivity contribution in [2.75, 3.05) is 6.54 Å². The van der Waals surface area contributed by atoms with Crippen LogP contribution < -0.4 is 10.1 Å². The molecule has 5 nitrogen and oxygen atoms in total. The second kappa shape index (κ2) is 5.44. The number of halogens is 2. The fourth-order valence-corrected chi connectivity index (χ4v) is 1.13. The van der Waals surface area contributed by atoms with E-state index in [4.69, 9.17) is 5.11 Å². The minimum absolute atomic E-state index is 0.164. The maximum atomic E-state index is 13.2. The predicted octanol–water partition coefficient (Wildman–Crippen LogP) is 1.49. The van der Waals surface area contributed by atoms with E-state index in [9.17, 15) is 18.4 Å². The van der Waals surface area contributed by atoms with Crippen molar-refractivity contribution in [3.05, 3.63) is 29.8 Å². The second-order valence-corrected chi connectivity index (χ2v) is 3.48. The smallest absolute Gasteiger partial charge is 0.415 e. The lowest BCUT2D eigenvalue weighted by atomic mass is 10.2. The van der Waals surface area contributed by atoms with Gasteiger partial charge in [0.05, 0.1) is 5.56 Å². The molecule has 18 heavy (non-hydrogen) atoms. The molecule has 0 bridgehead atoms. The molecule has 0 aliphatic carbocycles. The molecule has 0 aromatic heterocycles. The van der Waals surface area contributed by atoms with Crippen molar-refractivity contribution in [1.29, 1.82) is 0 Å². The average Bonchev–Trinajstić information content (AvgIpc) is 2.26. The van der Waals surface area contributed by atoms with Crippen LogP contribution in [0.25, 0.3) is 0 Å². The Hall–Kier alpha value is -2.18. The van der Waals surface area contributed by atoms with Gasteiger partial charge in [0.1, 0.15) is 12.3 Å². The number of amides is 1. The number of carboxylic acids is 1. The van der Waals surface area contributed by atoms with E-state index in [1.165, 1.54) is 18.2 Å². The summed E-state index contributed by atoms with van der Waals surface area (Å²) in [5, 5.41) is 10.6. The zero-order chi connectivity index (χ0) is 13.8. The Morgan fingerprint density at radius 2 is 2.11 bits per heavy atom. The third-order valence-corrected chi connectivity index (χ3v) is 1.89. The van der Waals surface area contributed by atoms with Crippen molar-refractivity contribution in [2.45, 2.75) is 13.0 Å². The number of ether oxygens (including phenoxy) is 1. The molecule has 0 unspecified atom stereocenters. The van der Waals surface area contributed by atoms with Crippen LogP contribution in [0.4, 0.5) is 8.78 Å². The Bertz CT molecular complexity index is 462. The van der Waals surface area contributed by atoms with Crippen molar-refractivity contribution in [3.63, 3.8) is 0 Å². The molecule has 0 aliphatic rings. The predicted molar refractivity (Wildman–Crippen MR) is 57.7 cm³/mol. The molecule has 0 saturated heterocycles. The van der Waals surface area contributed by atoms with Gasteiger partial charge in [0, 0.05) is 6.92 Å². The third-order valence-electron chi connectivity index (χ3n) is 1.89. The van der Waals surface area contributed by atoms with Crippen molar-refractivity contribution in [3.8, 4) is 5.75 Å². The molecule has 0 fully saturated rings. The molecule has 1 rings (SSSR count). The highest BCUT2D eigenvalue weighted by molar-refractivity contribution is 5.88. The molecular formula is C11H11F2NO4. The maximum absolute atomic E-state index is 13.2. The van der Waals surface area contributed by atoms with Gasteiger partial charge in [-0.05, 0) is 18.2 Å². The lowest BCUT2D eigenvalue weighted by Crippen LogP contribution is -2.39. The number of aromatic carboxylic acids is 1. The van der Waals surface area contributed by atoms with Crippen molar-refractivity contribution < 1.29 is 28.2 Å². The summed E-state index contributed by atoms with van der Waals surface area (Å²) in [7, 11) is 0. The van der Waals surface area contributed by atoms with E-state index < -0.39 is 24.5 Å². The van der Waals surface area contributed by atoms with Gasteiger partial charge in [-0.15, -0.1) is 0 Å². The highest BCUT2D eigenvalue weighted by atomic mass is 19.3. The van der Waals surface area contributed by atoms with Crippen LogP contribution in [0.15, 0.2) is 24.3 Å². The molecule has 0 atom stereocenters. The Labute approximate surface area is 101 Å². The number of rotatable bonds is 5. The SMILES string of the molecule is CC(=O)NCC(F)(F)Oc1cccc(C(=O)O)c1. The summed E-state index contributed by atoms with van der Waals surface area (Å²) < 4.78 is 30.8. The van der Waals surface area contributed by atoms with E-state index in [2.05, 4.69) is 4.74 Å². The average molecular weight is 259 g/mol.